The summed E-state index contributed by atoms with van der Waals surface area (Å²) in [6.45, 7) is 12.2. The molecule has 4 amide bonds. The number of aromatic nitrogens is 1. The Labute approximate surface area is 347 Å². The van der Waals surface area contributed by atoms with Gasteiger partial charge < -0.3 is 39.2 Å². The molecule has 6 rings (SSSR count). The van der Waals surface area contributed by atoms with Gasteiger partial charge in [-0.2, -0.15) is 0 Å². The van der Waals surface area contributed by atoms with Crippen LogP contribution in [0.5, 0.6) is 23.1 Å². The van der Waals surface area contributed by atoms with Gasteiger partial charge in [0.15, 0.2) is 11.5 Å². The first kappa shape index (κ1) is 45.0. The predicted octanol–water partition coefficient (Wildman–Crippen LogP) is 6.88. The third kappa shape index (κ3) is 12.7. The smallest absolute Gasteiger partial charge is 0.407 e. The van der Waals surface area contributed by atoms with Crippen LogP contribution in [0.3, 0.4) is 0 Å². The Morgan fingerprint density at radius 2 is 1.81 bits per heavy atom. The Bertz CT molecular complexity index is 1980. The molecule has 2 aliphatic heterocycles. The minimum Gasteiger partial charge on any atom is -0.493 e. The van der Waals surface area contributed by atoms with Crippen LogP contribution in [0.15, 0.2) is 42.5 Å². The number of carbonyl (C=O) groups is 4. The Morgan fingerprint density at radius 3 is 2.51 bits per heavy atom. The van der Waals surface area contributed by atoms with Crippen LogP contribution >= 0.6 is 11.9 Å². The average molecular weight is 844 g/mol. The Morgan fingerprint density at radius 1 is 1.07 bits per heavy atom. The van der Waals surface area contributed by atoms with Crippen LogP contribution in [0, 0.1) is 11.3 Å². The summed E-state index contributed by atoms with van der Waals surface area (Å²) in [6.07, 6.45) is -1.95. The van der Waals surface area contributed by atoms with E-state index in [0.717, 1.165) is 47.2 Å². The lowest BCUT2D eigenvalue weighted by Gasteiger charge is -2.27. The molecule has 0 bridgehead atoms. The third-order valence-electron chi connectivity index (χ3n) is 9.51. The zero-order valence-corrected chi connectivity index (χ0v) is 35.5. The van der Waals surface area contributed by atoms with Gasteiger partial charge in [-0.05, 0) is 86.4 Å². The van der Waals surface area contributed by atoms with E-state index in [1.165, 1.54) is 4.90 Å². The molecule has 59 heavy (non-hydrogen) atoms. The lowest BCUT2D eigenvalue weighted by Crippen LogP contribution is -2.54. The maximum absolute atomic E-state index is 13.3. The van der Waals surface area contributed by atoms with E-state index >= 15 is 0 Å². The fourth-order valence-corrected chi connectivity index (χ4v) is 6.91. The van der Waals surface area contributed by atoms with Crippen LogP contribution in [0.1, 0.15) is 73.6 Å². The second-order valence-corrected chi connectivity index (χ2v) is 17.9. The molecule has 17 heteroatoms. The zero-order chi connectivity index (χ0) is 42.9. The fraction of sp³-hybridized carbons (Fsp3) is 0.548. The van der Waals surface area contributed by atoms with Crippen molar-refractivity contribution >= 4 is 46.7 Å². The van der Waals surface area contributed by atoms with E-state index in [9.17, 15) is 28.0 Å². The number of carbonyl (C=O) groups excluding carboxylic acids is 4. The standard InChI is InChI=1S/C38H45F2N5O9S.C4H10/c1-37(2,19-51-24-8-5-7-22(15-24)25-16-23-10-11-28-32(54-21-53-28)31(23)43-35(25)50-4)20-52-36(49)41-18-30(46)45-14-6-9-27(45)34(48)42-26(17-29(39)40)33(47)44-55-38(3)12-13-38;1-4(2)3/h5,7-8,10-11,15-16,26-27,29H,6,9,12-14,17-21H2,1-4H3,(H,41,49)(H,42,48)(H,44,47);4H,1-3H3. The molecule has 2 fully saturated rings. The lowest BCUT2D eigenvalue weighted by molar-refractivity contribution is -0.139. The molecule has 3 heterocycles. The number of halogens is 2. The number of fused-ring (bicyclic) bond motifs is 3. The minimum absolute atomic E-state index is 0.0367. The lowest BCUT2D eigenvalue weighted by atomic mass is 9.96. The van der Waals surface area contributed by atoms with Crippen LogP contribution in [0.4, 0.5) is 13.6 Å². The number of nitrogens with zero attached hydrogens (tertiary/aromatic N) is 2. The van der Waals surface area contributed by atoms with Crippen molar-refractivity contribution in [1.29, 1.82) is 0 Å². The van der Waals surface area contributed by atoms with E-state index in [1.54, 1.807) is 7.11 Å². The van der Waals surface area contributed by atoms with E-state index in [1.807, 2.05) is 63.2 Å². The number of hydrogen-bond acceptors (Lipinski definition) is 11. The first-order valence-electron chi connectivity index (χ1n) is 19.7. The number of rotatable bonds is 16. The molecule has 2 unspecified atom stereocenters. The number of benzene rings is 2. The fourth-order valence-electron chi connectivity index (χ4n) is 6.12. The van der Waals surface area contributed by atoms with E-state index in [4.69, 9.17) is 28.7 Å². The topological polar surface area (TPSA) is 167 Å². The number of alkyl carbamates (subject to hydrolysis) is 1. The molecule has 0 spiro atoms. The van der Waals surface area contributed by atoms with Crippen LogP contribution in [-0.4, -0.2) is 97.2 Å². The Hall–Kier alpha value is -5.06. The van der Waals surface area contributed by atoms with E-state index in [-0.39, 0.29) is 37.7 Å². The molecular weight excluding hydrogens is 789 g/mol. The number of methoxy groups -OCH3 is 1. The summed E-state index contributed by atoms with van der Waals surface area (Å²) in [5.74, 6) is 1.05. The molecule has 1 aliphatic carbocycles. The molecule has 2 aromatic carbocycles. The number of amides is 4. The van der Waals surface area contributed by atoms with E-state index in [0.29, 0.717) is 35.1 Å². The first-order valence-corrected chi connectivity index (χ1v) is 20.6. The van der Waals surface area contributed by atoms with Gasteiger partial charge >= 0.3 is 6.09 Å². The van der Waals surface area contributed by atoms with Crippen molar-refractivity contribution in [3.63, 3.8) is 0 Å². The quantitative estimate of drug-likeness (QED) is 0.129. The third-order valence-corrected chi connectivity index (χ3v) is 10.7. The minimum atomic E-state index is -2.83. The van der Waals surface area contributed by atoms with Gasteiger partial charge in [-0.1, -0.05) is 46.8 Å². The van der Waals surface area contributed by atoms with Crippen molar-refractivity contribution in [2.24, 2.45) is 11.3 Å². The summed E-state index contributed by atoms with van der Waals surface area (Å²) >= 11 is 1.16. The number of likely N-dealkylation sites (tertiary alicyclic amines) is 1. The van der Waals surface area contributed by atoms with Gasteiger partial charge in [0.25, 0.3) is 5.91 Å². The van der Waals surface area contributed by atoms with Gasteiger partial charge in [0.1, 0.15) is 36.5 Å². The van der Waals surface area contributed by atoms with Gasteiger partial charge in [-0.15, -0.1) is 0 Å². The molecule has 1 saturated carbocycles. The molecule has 3 N–H and O–H groups in total. The number of pyridine rings is 1. The molecular formula is C42H55F2N5O9S. The van der Waals surface area contributed by atoms with Gasteiger partial charge in [0.05, 0.1) is 13.7 Å². The van der Waals surface area contributed by atoms with Crippen molar-refractivity contribution in [2.75, 3.05) is 40.2 Å². The first-order chi connectivity index (χ1) is 28.0. The molecule has 14 nitrogen and oxygen atoms in total. The summed E-state index contributed by atoms with van der Waals surface area (Å²) in [7, 11) is 1.55. The molecule has 2 atom stereocenters. The summed E-state index contributed by atoms with van der Waals surface area (Å²) in [5.41, 5.74) is 1.58. The van der Waals surface area contributed by atoms with Crippen LogP contribution in [0.25, 0.3) is 22.0 Å². The number of ether oxygens (including phenoxy) is 5. The van der Waals surface area contributed by atoms with Crippen molar-refractivity contribution in [2.45, 2.75) is 96.9 Å². The summed E-state index contributed by atoms with van der Waals surface area (Å²) in [5, 5.41) is 5.69. The largest absolute Gasteiger partial charge is 0.493 e. The van der Waals surface area contributed by atoms with Gasteiger partial charge in [0, 0.05) is 34.1 Å². The van der Waals surface area contributed by atoms with Crippen molar-refractivity contribution in [3.8, 4) is 34.3 Å². The molecule has 1 saturated heterocycles. The number of alkyl halides is 2. The Kier molecular flexibility index (Phi) is 15.1. The highest BCUT2D eigenvalue weighted by Gasteiger charge is 2.41. The average Bonchev–Trinajstić information content (AvgIpc) is 3.53. The molecule has 1 aromatic heterocycles. The monoisotopic (exact) mass is 843 g/mol. The summed E-state index contributed by atoms with van der Waals surface area (Å²) < 4.78 is 57.3. The number of nitrogens with one attached hydrogen (secondary N) is 3. The van der Waals surface area contributed by atoms with Crippen LogP contribution < -0.4 is 34.3 Å². The second-order valence-electron chi connectivity index (χ2n) is 16.5. The zero-order valence-electron chi connectivity index (χ0n) is 34.7. The van der Waals surface area contributed by atoms with E-state index in [2.05, 4.69) is 36.1 Å². The van der Waals surface area contributed by atoms with Gasteiger partial charge in [0.2, 0.25) is 30.9 Å². The highest BCUT2D eigenvalue weighted by Crippen LogP contribution is 2.46. The maximum atomic E-state index is 13.3. The second kappa shape index (κ2) is 19.8. The molecule has 322 valence electrons. The summed E-state index contributed by atoms with van der Waals surface area (Å²) in [6, 6.07) is 10.7. The van der Waals surface area contributed by atoms with Gasteiger partial charge in [-0.3, -0.25) is 19.1 Å². The normalized spacial score (nSPS) is 16.9. The predicted molar refractivity (Wildman–Crippen MR) is 220 cm³/mol. The van der Waals surface area contributed by atoms with E-state index < -0.39 is 60.7 Å². The highest BCUT2D eigenvalue weighted by atomic mass is 32.2. The Balaban J connectivity index is 0.00000158. The molecule has 0 radical (unpaired) electrons. The molecule has 3 aliphatic rings. The highest BCUT2D eigenvalue weighted by molar-refractivity contribution is 7.99. The van der Waals surface area contributed by atoms with Crippen LogP contribution in [0.2, 0.25) is 0 Å². The maximum Gasteiger partial charge on any atom is 0.407 e. The molecule has 3 aromatic rings. The van der Waals surface area contributed by atoms with Crippen LogP contribution in [-0.2, 0) is 19.1 Å². The number of hydrogen-bond donors (Lipinski definition) is 3. The van der Waals surface area contributed by atoms with Crippen molar-refractivity contribution < 1.29 is 51.6 Å². The van der Waals surface area contributed by atoms with Crippen molar-refractivity contribution in [3.05, 3.63) is 42.5 Å². The summed E-state index contributed by atoms with van der Waals surface area (Å²) in [4.78, 5) is 57.4. The SMILES string of the molecule is CC(C)C.COc1nc2c3c(ccc2cc1-c1cccc(OCC(C)(C)COC(=O)NCC(=O)N2CCCC2C(=O)NC(CC(F)F)C(=O)NSC2(C)CC2)c1)OCO3. The van der Waals surface area contributed by atoms with Gasteiger partial charge in [-0.25, -0.2) is 18.6 Å². The van der Waals surface area contributed by atoms with Crippen molar-refractivity contribution in [1.82, 2.24) is 25.2 Å².